The van der Waals surface area contributed by atoms with Crippen molar-refractivity contribution in [2.75, 3.05) is 13.6 Å². The van der Waals surface area contributed by atoms with Gasteiger partial charge in [0.05, 0.1) is 12.6 Å². The first-order chi connectivity index (χ1) is 19.3. The van der Waals surface area contributed by atoms with Gasteiger partial charge in [-0.3, -0.25) is 14.6 Å². The second kappa shape index (κ2) is 19.7. The molecular weight excluding hydrogens is 526 g/mol. The minimum Gasteiger partial charge on any atom is -0.385 e. The molecule has 1 aliphatic carbocycles. The number of hydrazine groups is 1. The number of benzene rings is 1. The Hall–Kier alpha value is -3.27. The quantitative estimate of drug-likeness (QED) is 0.0576. The number of nitrogens with zero attached hydrogens (tertiary/aromatic N) is 3. The maximum atomic E-state index is 12.6. The summed E-state index contributed by atoms with van der Waals surface area (Å²) in [7, 11) is 1.78. The van der Waals surface area contributed by atoms with Gasteiger partial charge in [0.1, 0.15) is 17.8 Å². The fourth-order valence-electron chi connectivity index (χ4n) is 4.69. The smallest absolute Gasteiger partial charge is 0.212 e. The first-order valence-corrected chi connectivity index (χ1v) is 14.2. The van der Waals surface area contributed by atoms with Gasteiger partial charge in [0.2, 0.25) is 6.41 Å². The van der Waals surface area contributed by atoms with Crippen LogP contribution in [0.5, 0.6) is 0 Å². The lowest BCUT2D eigenvalue weighted by Crippen LogP contribution is -2.50. The highest BCUT2D eigenvalue weighted by Crippen LogP contribution is 2.41. The molecule has 0 aliphatic heterocycles. The van der Waals surface area contributed by atoms with E-state index in [1.165, 1.54) is 0 Å². The maximum Gasteiger partial charge on any atom is 0.212 e. The summed E-state index contributed by atoms with van der Waals surface area (Å²) in [5.41, 5.74) is 9.33. The Balaban J connectivity index is 0.000000869. The topological polar surface area (TPSA) is 138 Å². The second-order valence-electron chi connectivity index (χ2n) is 9.48. The molecule has 0 radical (unpaired) electrons. The molecule has 9 nitrogen and oxygen atoms in total. The molecule has 1 aliphatic rings. The van der Waals surface area contributed by atoms with Crippen LogP contribution in [-0.4, -0.2) is 48.4 Å². The Morgan fingerprint density at radius 2 is 1.85 bits per heavy atom. The standard InChI is InChI=1S/C27H35ClN2O2.C3H11N5/c1-4-10-24(28)16-17-25(6-3)29-27(18-8-7-9-19-27)30(21-32)26(11-5-2)23-14-12-22(20-31)13-15-23;1-6-2-3(4)7-8-5/h4,10,12-17,20-21,26H,1,5-9,11,18-19H2,2-3H3;6,8H,2,5H2,1H3,(H2,4,7)/b17-16+,24-10+,29-25+;/t26-;/m1./s1. The Labute approximate surface area is 244 Å². The third-order valence-corrected chi connectivity index (χ3v) is 6.85. The van der Waals surface area contributed by atoms with E-state index < -0.39 is 5.66 Å². The van der Waals surface area contributed by atoms with Gasteiger partial charge >= 0.3 is 0 Å². The summed E-state index contributed by atoms with van der Waals surface area (Å²) in [5.74, 6) is 5.25. The summed E-state index contributed by atoms with van der Waals surface area (Å²) in [6, 6.07) is 7.46. The molecule has 10 heteroatoms. The van der Waals surface area contributed by atoms with Crippen LogP contribution in [0.1, 0.15) is 87.2 Å². The van der Waals surface area contributed by atoms with Crippen molar-refractivity contribution in [2.24, 2.45) is 21.7 Å². The molecule has 0 heterocycles. The van der Waals surface area contributed by atoms with Crippen molar-refractivity contribution in [1.29, 1.82) is 0 Å². The third-order valence-electron chi connectivity index (χ3n) is 6.60. The molecule has 0 unspecified atom stereocenters. The number of carbonyl (C=O) groups excluding carboxylic acids is 2. The number of likely N-dealkylation sites (N-methyl/N-ethyl adjacent to an activating group) is 1. The highest BCUT2D eigenvalue weighted by Gasteiger charge is 2.41. The van der Waals surface area contributed by atoms with Crippen LogP contribution < -0.4 is 22.4 Å². The average Bonchev–Trinajstić information content (AvgIpc) is 2.96. The van der Waals surface area contributed by atoms with E-state index in [4.69, 9.17) is 28.2 Å². The van der Waals surface area contributed by atoms with Gasteiger partial charge in [-0.05, 0) is 69.4 Å². The maximum absolute atomic E-state index is 12.6. The lowest BCUT2D eigenvalue weighted by atomic mass is 9.85. The molecule has 0 bridgehead atoms. The highest BCUT2D eigenvalue weighted by molar-refractivity contribution is 6.31. The van der Waals surface area contributed by atoms with Crippen LogP contribution in [0.2, 0.25) is 0 Å². The molecular formula is C30H46ClN7O2. The van der Waals surface area contributed by atoms with Gasteiger partial charge in [0.15, 0.2) is 0 Å². The highest BCUT2D eigenvalue weighted by atomic mass is 35.5. The predicted molar refractivity (Wildman–Crippen MR) is 167 cm³/mol. The van der Waals surface area contributed by atoms with Gasteiger partial charge in [0, 0.05) is 16.3 Å². The minimum atomic E-state index is -0.576. The summed E-state index contributed by atoms with van der Waals surface area (Å²) in [5, 5.41) is 6.86. The molecule has 220 valence electrons. The van der Waals surface area contributed by atoms with E-state index in [1.54, 1.807) is 19.2 Å². The Bertz CT molecular complexity index is 1030. The third kappa shape index (κ3) is 11.5. The van der Waals surface area contributed by atoms with E-state index in [2.05, 4.69) is 36.4 Å². The Morgan fingerprint density at radius 3 is 2.35 bits per heavy atom. The Morgan fingerprint density at radius 1 is 1.18 bits per heavy atom. The second-order valence-corrected chi connectivity index (χ2v) is 9.92. The van der Waals surface area contributed by atoms with Crippen molar-refractivity contribution in [3.63, 3.8) is 0 Å². The molecule has 1 aromatic carbocycles. The zero-order valence-corrected chi connectivity index (χ0v) is 24.9. The largest absolute Gasteiger partial charge is 0.385 e. The molecule has 6 N–H and O–H groups in total. The van der Waals surface area contributed by atoms with Gasteiger partial charge in [-0.15, -0.1) is 0 Å². The van der Waals surface area contributed by atoms with Crippen LogP contribution in [0.25, 0.3) is 0 Å². The van der Waals surface area contributed by atoms with Crippen molar-refractivity contribution in [2.45, 2.75) is 76.9 Å². The molecule has 0 aromatic heterocycles. The van der Waals surface area contributed by atoms with Gasteiger partial charge in [0.25, 0.3) is 0 Å². The number of amides is 1. The fourth-order valence-corrected chi connectivity index (χ4v) is 4.84. The minimum absolute atomic E-state index is 0.0913. The lowest BCUT2D eigenvalue weighted by molar-refractivity contribution is -0.129. The molecule has 40 heavy (non-hydrogen) atoms. The summed E-state index contributed by atoms with van der Waals surface area (Å²) in [4.78, 5) is 30.8. The van der Waals surface area contributed by atoms with E-state index in [1.807, 2.05) is 41.3 Å². The first-order valence-electron chi connectivity index (χ1n) is 13.8. The monoisotopic (exact) mass is 571 g/mol. The summed E-state index contributed by atoms with van der Waals surface area (Å²) < 4.78 is 0. The number of nitrogens with two attached hydrogens (primary N) is 2. The number of hydrogen-bond donors (Lipinski definition) is 4. The molecule has 0 spiro atoms. The van der Waals surface area contributed by atoms with Crippen molar-refractivity contribution < 1.29 is 9.59 Å². The van der Waals surface area contributed by atoms with Crippen molar-refractivity contribution in [1.82, 2.24) is 15.8 Å². The average molecular weight is 572 g/mol. The van der Waals surface area contributed by atoms with Crippen LogP contribution in [-0.2, 0) is 4.79 Å². The number of rotatable bonds is 15. The predicted octanol–water partition coefficient (Wildman–Crippen LogP) is 5.12. The normalized spacial score (nSPS) is 16.5. The van der Waals surface area contributed by atoms with E-state index >= 15 is 0 Å². The van der Waals surface area contributed by atoms with E-state index in [-0.39, 0.29) is 6.04 Å². The van der Waals surface area contributed by atoms with Crippen molar-refractivity contribution in [3.8, 4) is 0 Å². The fraction of sp³-hybridized carbons (Fsp3) is 0.467. The lowest BCUT2D eigenvalue weighted by Gasteiger charge is -2.46. The number of carbonyl (C=O) groups is 2. The molecule has 1 amide bonds. The first kappa shape index (κ1) is 34.8. The SMILES string of the molecule is C=C\C=C(Cl)/C=C/C(CC)=N/C1(N(C=O)[C@H](CCC)c2ccc(C=O)cc2)CCCCC1.CNC/C(N)=N/NN. The van der Waals surface area contributed by atoms with Crippen LogP contribution in [0.15, 0.2) is 70.3 Å². The summed E-state index contributed by atoms with van der Waals surface area (Å²) in [6.07, 6.45) is 16.4. The number of nitrogens with one attached hydrogen (secondary N) is 2. The van der Waals surface area contributed by atoms with E-state index in [9.17, 15) is 9.59 Å². The van der Waals surface area contributed by atoms with Crippen LogP contribution in [0, 0.1) is 0 Å². The number of aliphatic imine (C=N–C) groups is 1. The molecule has 1 fully saturated rings. The van der Waals surface area contributed by atoms with Crippen molar-refractivity contribution >= 4 is 35.8 Å². The number of hydrogen-bond acceptors (Lipinski definition) is 7. The number of amidine groups is 1. The van der Waals surface area contributed by atoms with Crippen LogP contribution in [0.3, 0.4) is 0 Å². The molecule has 1 aromatic rings. The summed E-state index contributed by atoms with van der Waals surface area (Å²) >= 11 is 6.20. The van der Waals surface area contributed by atoms with Crippen LogP contribution >= 0.6 is 11.6 Å². The number of hydrazone groups is 1. The van der Waals surface area contributed by atoms with Crippen LogP contribution in [0.4, 0.5) is 0 Å². The van der Waals surface area contributed by atoms with Gasteiger partial charge < -0.3 is 16.0 Å². The Kier molecular flexibility index (Phi) is 17.1. The molecule has 0 saturated heterocycles. The van der Waals surface area contributed by atoms with E-state index in [0.29, 0.717) is 23.0 Å². The number of aldehydes is 1. The zero-order valence-electron chi connectivity index (χ0n) is 24.1. The van der Waals surface area contributed by atoms with Crippen molar-refractivity contribution in [3.05, 3.63) is 71.3 Å². The van der Waals surface area contributed by atoms with Gasteiger partial charge in [-0.1, -0.05) is 75.2 Å². The molecule has 1 saturated carbocycles. The van der Waals surface area contributed by atoms with E-state index in [0.717, 1.165) is 75.3 Å². The number of allylic oxidation sites excluding steroid dienone is 5. The van der Waals surface area contributed by atoms with Gasteiger partial charge in [-0.2, -0.15) is 5.10 Å². The number of halogens is 1. The zero-order chi connectivity index (χ0) is 29.8. The molecule has 1 atom stereocenters. The summed E-state index contributed by atoms with van der Waals surface area (Å²) in [6.45, 7) is 8.41. The van der Waals surface area contributed by atoms with Gasteiger partial charge in [-0.25, -0.2) is 11.4 Å². The molecule has 2 rings (SSSR count).